The highest BCUT2D eigenvalue weighted by molar-refractivity contribution is 5.35. The van der Waals surface area contributed by atoms with Crippen molar-refractivity contribution in [3.05, 3.63) is 29.3 Å². The predicted octanol–water partition coefficient (Wildman–Crippen LogP) is 3.32. The molecule has 94 valence electrons. The van der Waals surface area contributed by atoms with E-state index in [1.54, 1.807) is 6.07 Å². The molecule has 1 aliphatic rings. The third-order valence-corrected chi connectivity index (χ3v) is 3.72. The van der Waals surface area contributed by atoms with Crippen LogP contribution < -0.4 is 0 Å². The van der Waals surface area contributed by atoms with E-state index < -0.39 is 0 Å². The molecule has 17 heavy (non-hydrogen) atoms. The minimum absolute atomic E-state index is 0.425. The van der Waals surface area contributed by atoms with Crippen molar-refractivity contribution in [3.63, 3.8) is 0 Å². The van der Waals surface area contributed by atoms with E-state index in [1.165, 1.54) is 31.2 Å². The van der Waals surface area contributed by atoms with Crippen LogP contribution in [-0.4, -0.2) is 23.6 Å². The largest absolute Gasteiger partial charge is 0.508 e. The maximum atomic E-state index is 9.82. The smallest absolute Gasteiger partial charge is 0.120 e. The molecule has 0 bridgehead atoms. The molecule has 0 heterocycles. The molecule has 1 aromatic rings. The SMILES string of the molecule is Cc1ccc(O)c(CN(C)CC2CCCC2)c1. The molecule has 2 rings (SSSR count). The van der Waals surface area contributed by atoms with E-state index >= 15 is 0 Å². The lowest BCUT2D eigenvalue weighted by Gasteiger charge is -2.21. The van der Waals surface area contributed by atoms with Crippen LogP contribution in [0.2, 0.25) is 0 Å². The number of benzene rings is 1. The summed E-state index contributed by atoms with van der Waals surface area (Å²) in [4.78, 5) is 2.34. The minimum Gasteiger partial charge on any atom is -0.508 e. The summed E-state index contributed by atoms with van der Waals surface area (Å²) >= 11 is 0. The number of aromatic hydroxyl groups is 1. The summed E-state index contributed by atoms with van der Waals surface area (Å²) in [5.41, 5.74) is 2.26. The van der Waals surface area contributed by atoms with Crippen LogP contribution in [0.4, 0.5) is 0 Å². The Morgan fingerprint density at radius 3 is 2.71 bits per heavy atom. The highest BCUT2D eigenvalue weighted by atomic mass is 16.3. The zero-order valence-electron chi connectivity index (χ0n) is 10.9. The molecule has 2 heteroatoms. The fraction of sp³-hybridized carbons (Fsp3) is 0.600. The van der Waals surface area contributed by atoms with Gasteiger partial charge in [-0.1, -0.05) is 30.5 Å². The van der Waals surface area contributed by atoms with Gasteiger partial charge >= 0.3 is 0 Å². The van der Waals surface area contributed by atoms with Gasteiger partial charge in [-0.05, 0) is 38.8 Å². The summed E-state index contributed by atoms with van der Waals surface area (Å²) in [5, 5.41) is 9.82. The average Bonchev–Trinajstić information content (AvgIpc) is 2.76. The molecule has 1 aromatic carbocycles. The van der Waals surface area contributed by atoms with Crippen molar-refractivity contribution in [2.45, 2.75) is 39.2 Å². The summed E-state index contributed by atoms with van der Waals surface area (Å²) in [6, 6.07) is 5.84. The van der Waals surface area contributed by atoms with Gasteiger partial charge in [-0.2, -0.15) is 0 Å². The lowest BCUT2D eigenvalue weighted by atomic mass is 10.1. The Hall–Kier alpha value is -1.02. The van der Waals surface area contributed by atoms with E-state index in [0.29, 0.717) is 5.75 Å². The van der Waals surface area contributed by atoms with E-state index in [4.69, 9.17) is 0 Å². The number of phenols is 1. The Morgan fingerprint density at radius 1 is 1.29 bits per heavy atom. The second-order valence-electron chi connectivity index (χ2n) is 5.48. The monoisotopic (exact) mass is 233 g/mol. The van der Waals surface area contributed by atoms with Crippen LogP contribution in [0.3, 0.4) is 0 Å². The van der Waals surface area contributed by atoms with Crippen LogP contribution in [0.1, 0.15) is 36.8 Å². The molecule has 1 aliphatic carbocycles. The summed E-state index contributed by atoms with van der Waals surface area (Å²) in [7, 11) is 2.15. The summed E-state index contributed by atoms with van der Waals surface area (Å²) in [5.74, 6) is 1.29. The van der Waals surface area contributed by atoms with Crippen molar-refractivity contribution in [1.82, 2.24) is 4.90 Å². The lowest BCUT2D eigenvalue weighted by Crippen LogP contribution is -2.24. The molecule has 0 atom stereocenters. The summed E-state index contributed by atoms with van der Waals surface area (Å²) in [6.45, 7) is 4.08. The van der Waals surface area contributed by atoms with Crippen molar-refractivity contribution in [3.8, 4) is 5.75 Å². The average molecular weight is 233 g/mol. The molecular weight excluding hydrogens is 210 g/mol. The molecule has 0 aliphatic heterocycles. The third-order valence-electron chi connectivity index (χ3n) is 3.72. The van der Waals surface area contributed by atoms with Crippen molar-refractivity contribution >= 4 is 0 Å². The van der Waals surface area contributed by atoms with E-state index in [0.717, 1.165) is 24.6 Å². The Kier molecular flexibility index (Phi) is 4.06. The molecule has 2 nitrogen and oxygen atoms in total. The molecule has 0 spiro atoms. The Morgan fingerprint density at radius 2 is 2.00 bits per heavy atom. The van der Waals surface area contributed by atoms with E-state index in [-0.39, 0.29) is 0 Å². The van der Waals surface area contributed by atoms with Gasteiger partial charge in [0.1, 0.15) is 5.75 Å². The van der Waals surface area contributed by atoms with Gasteiger partial charge in [0.05, 0.1) is 0 Å². The Balaban J connectivity index is 1.92. The summed E-state index contributed by atoms with van der Waals surface area (Å²) < 4.78 is 0. The highest BCUT2D eigenvalue weighted by Gasteiger charge is 2.17. The van der Waals surface area contributed by atoms with Crippen LogP contribution in [0.5, 0.6) is 5.75 Å². The van der Waals surface area contributed by atoms with Crippen LogP contribution in [0.25, 0.3) is 0 Å². The quantitative estimate of drug-likeness (QED) is 0.862. The van der Waals surface area contributed by atoms with Gasteiger partial charge in [0.15, 0.2) is 0 Å². The molecule has 1 saturated carbocycles. The van der Waals surface area contributed by atoms with Crippen molar-refractivity contribution in [1.29, 1.82) is 0 Å². The van der Waals surface area contributed by atoms with Crippen molar-refractivity contribution < 1.29 is 5.11 Å². The number of hydrogen-bond acceptors (Lipinski definition) is 2. The molecule has 0 unspecified atom stereocenters. The van der Waals surface area contributed by atoms with Gasteiger partial charge in [-0.15, -0.1) is 0 Å². The normalized spacial score (nSPS) is 16.9. The van der Waals surface area contributed by atoms with Gasteiger partial charge in [-0.3, -0.25) is 0 Å². The van der Waals surface area contributed by atoms with Crippen LogP contribution in [0.15, 0.2) is 18.2 Å². The van der Waals surface area contributed by atoms with Crippen LogP contribution in [0, 0.1) is 12.8 Å². The highest BCUT2D eigenvalue weighted by Crippen LogP contribution is 2.26. The molecule has 0 saturated heterocycles. The lowest BCUT2D eigenvalue weighted by molar-refractivity contribution is 0.268. The Bertz CT molecular complexity index is 369. The third kappa shape index (κ3) is 3.47. The van der Waals surface area contributed by atoms with Gasteiger partial charge in [0.2, 0.25) is 0 Å². The number of aryl methyl sites for hydroxylation is 1. The first kappa shape index (κ1) is 12.4. The number of nitrogens with zero attached hydrogens (tertiary/aromatic N) is 1. The fourth-order valence-electron chi connectivity index (χ4n) is 2.83. The first-order chi connectivity index (χ1) is 8.15. The molecule has 0 aromatic heterocycles. The van der Waals surface area contributed by atoms with Gasteiger partial charge in [-0.25, -0.2) is 0 Å². The van der Waals surface area contributed by atoms with E-state index in [9.17, 15) is 5.11 Å². The number of rotatable bonds is 4. The first-order valence-corrected chi connectivity index (χ1v) is 6.62. The second-order valence-corrected chi connectivity index (χ2v) is 5.48. The second kappa shape index (κ2) is 5.54. The molecule has 1 N–H and O–H groups in total. The zero-order valence-corrected chi connectivity index (χ0v) is 10.9. The van der Waals surface area contributed by atoms with Crippen LogP contribution >= 0.6 is 0 Å². The van der Waals surface area contributed by atoms with E-state index in [1.807, 2.05) is 6.07 Å². The number of phenolic OH excluding ortho intramolecular Hbond substituents is 1. The minimum atomic E-state index is 0.425. The van der Waals surface area contributed by atoms with Crippen LogP contribution in [-0.2, 0) is 6.54 Å². The standard InChI is InChI=1S/C15H23NO/c1-12-7-8-15(17)14(9-12)11-16(2)10-13-5-3-4-6-13/h7-9,13,17H,3-6,10-11H2,1-2H3. The maximum absolute atomic E-state index is 9.82. The predicted molar refractivity (Wildman–Crippen MR) is 71.1 cm³/mol. The molecule has 1 fully saturated rings. The molecule has 0 radical (unpaired) electrons. The maximum Gasteiger partial charge on any atom is 0.120 e. The number of hydrogen-bond donors (Lipinski definition) is 1. The topological polar surface area (TPSA) is 23.5 Å². The fourth-order valence-corrected chi connectivity index (χ4v) is 2.83. The first-order valence-electron chi connectivity index (χ1n) is 6.62. The van der Waals surface area contributed by atoms with Gasteiger partial charge in [0.25, 0.3) is 0 Å². The van der Waals surface area contributed by atoms with E-state index in [2.05, 4.69) is 24.9 Å². The van der Waals surface area contributed by atoms with Crippen molar-refractivity contribution in [2.75, 3.05) is 13.6 Å². The van der Waals surface area contributed by atoms with Gasteiger partial charge < -0.3 is 10.0 Å². The Labute approximate surface area is 104 Å². The van der Waals surface area contributed by atoms with Crippen molar-refractivity contribution in [2.24, 2.45) is 5.92 Å². The molecule has 0 amide bonds. The summed E-state index contributed by atoms with van der Waals surface area (Å²) in [6.07, 6.45) is 5.55. The molecular formula is C15H23NO. The zero-order chi connectivity index (χ0) is 12.3. The van der Waals surface area contributed by atoms with Gasteiger partial charge in [0, 0.05) is 18.7 Å².